The molecule has 44 heavy (non-hydrogen) atoms. The number of sulfonamides is 1. The highest BCUT2D eigenvalue weighted by molar-refractivity contribution is 7.89. The van der Waals surface area contributed by atoms with Crippen LogP contribution in [0.2, 0.25) is 0 Å². The quantitative estimate of drug-likeness (QED) is 0.186. The fraction of sp³-hybridized carbons (Fsp3) is 0.258. The van der Waals surface area contributed by atoms with Gasteiger partial charge in [-0.25, -0.2) is 21.9 Å². The van der Waals surface area contributed by atoms with E-state index in [0.717, 1.165) is 46.9 Å². The molecule has 0 spiro atoms. The van der Waals surface area contributed by atoms with Gasteiger partial charge in [-0.3, -0.25) is 9.78 Å². The standard InChI is InChI=1S/C31H25F5N4O3S/c1-39(44(42,43)26-10-5-23(33)6-11-26)25-7-2-20-15-28-19(18-38-40(28)24-8-3-22(32)4-9-24)16-30(20,17-25)29(41)27-14-21(12-13-37-27)31(34,35)36/h3-6,8-15,18,25H,2,7,16-17H2,1H3/t25-,30-/m0/s1. The molecule has 1 fully saturated rings. The van der Waals surface area contributed by atoms with Gasteiger partial charge < -0.3 is 0 Å². The Balaban J connectivity index is 1.43. The number of ketones is 1. The number of benzene rings is 2. The van der Waals surface area contributed by atoms with Crippen LogP contribution in [0.3, 0.4) is 0 Å². The number of aromatic nitrogens is 3. The molecule has 2 aliphatic rings. The van der Waals surface area contributed by atoms with Gasteiger partial charge in [0.2, 0.25) is 10.0 Å². The number of hydrogen-bond donors (Lipinski definition) is 0. The van der Waals surface area contributed by atoms with Crippen molar-refractivity contribution in [3.63, 3.8) is 0 Å². The molecule has 7 nitrogen and oxygen atoms in total. The fourth-order valence-corrected chi connectivity index (χ4v) is 7.51. The Morgan fingerprint density at radius 1 is 1.02 bits per heavy atom. The Morgan fingerprint density at radius 3 is 2.34 bits per heavy atom. The molecule has 0 bridgehead atoms. The number of halogens is 5. The highest BCUT2D eigenvalue weighted by Gasteiger charge is 2.51. The number of rotatable bonds is 6. The van der Waals surface area contributed by atoms with E-state index in [-0.39, 0.29) is 29.9 Å². The molecule has 13 heteroatoms. The Morgan fingerprint density at radius 2 is 1.68 bits per heavy atom. The molecule has 4 aromatic rings. The Hall–Kier alpha value is -4.23. The van der Waals surface area contributed by atoms with Gasteiger partial charge in [-0.05, 0) is 98.0 Å². The summed E-state index contributed by atoms with van der Waals surface area (Å²) in [5, 5.41) is 4.44. The van der Waals surface area contributed by atoms with Crippen molar-refractivity contribution in [1.82, 2.24) is 19.1 Å². The normalized spacial score (nSPS) is 20.2. The maximum Gasteiger partial charge on any atom is 0.416 e. The number of alkyl halides is 3. The lowest BCUT2D eigenvalue weighted by molar-refractivity contribution is -0.137. The highest BCUT2D eigenvalue weighted by atomic mass is 32.2. The highest BCUT2D eigenvalue weighted by Crippen LogP contribution is 2.51. The predicted molar refractivity (Wildman–Crippen MR) is 150 cm³/mol. The van der Waals surface area contributed by atoms with Crippen LogP contribution < -0.4 is 0 Å². The van der Waals surface area contributed by atoms with E-state index in [1.165, 1.54) is 19.2 Å². The molecule has 0 N–H and O–H groups in total. The van der Waals surface area contributed by atoms with Crippen molar-refractivity contribution in [3.05, 3.63) is 113 Å². The van der Waals surface area contributed by atoms with Crippen molar-refractivity contribution in [2.45, 2.75) is 42.8 Å². The zero-order chi connectivity index (χ0) is 31.4. The van der Waals surface area contributed by atoms with Crippen molar-refractivity contribution in [3.8, 4) is 5.69 Å². The SMILES string of the molecule is CN([C@H]1CCC2=Cc3c(cnn3-c3ccc(F)cc3)C[C@]2(C(=O)c2cc(C(F)(F)F)ccn2)C1)S(=O)(=O)c1ccc(F)cc1. The van der Waals surface area contributed by atoms with E-state index in [1.807, 2.05) is 0 Å². The summed E-state index contributed by atoms with van der Waals surface area (Å²) in [5.74, 6) is -1.69. The lowest BCUT2D eigenvalue weighted by atomic mass is 9.60. The van der Waals surface area contributed by atoms with E-state index in [9.17, 15) is 35.2 Å². The van der Waals surface area contributed by atoms with Gasteiger partial charge in [-0.15, -0.1) is 0 Å². The lowest BCUT2D eigenvalue weighted by Gasteiger charge is -2.45. The van der Waals surface area contributed by atoms with E-state index in [0.29, 0.717) is 28.9 Å². The first-order valence-corrected chi connectivity index (χ1v) is 15.1. The van der Waals surface area contributed by atoms with Crippen molar-refractivity contribution in [2.24, 2.45) is 5.41 Å². The van der Waals surface area contributed by atoms with Crippen LogP contribution in [0.1, 0.15) is 46.6 Å². The largest absolute Gasteiger partial charge is 0.416 e. The molecule has 2 heterocycles. The monoisotopic (exact) mass is 628 g/mol. The van der Waals surface area contributed by atoms with E-state index in [4.69, 9.17) is 0 Å². The van der Waals surface area contributed by atoms with Gasteiger partial charge in [0.1, 0.15) is 17.3 Å². The minimum Gasteiger partial charge on any atom is -0.291 e. The van der Waals surface area contributed by atoms with Gasteiger partial charge in [-0.1, -0.05) is 5.57 Å². The Bertz CT molecular complexity index is 1890. The summed E-state index contributed by atoms with van der Waals surface area (Å²) in [6.07, 6.45) is 0.112. The summed E-state index contributed by atoms with van der Waals surface area (Å²) in [4.78, 5) is 18.2. The third-order valence-electron chi connectivity index (χ3n) is 8.47. The van der Waals surface area contributed by atoms with Crippen LogP contribution in [0.15, 0.2) is 83.5 Å². The van der Waals surface area contributed by atoms with Crippen LogP contribution >= 0.6 is 0 Å². The first kappa shape index (κ1) is 29.8. The number of Topliss-reactive ketones (excluding diaryl/α,β-unsaturated/α-hetero) is 1. The molecule has 0 saturated heterocycles. The fourth-order valence-electron chi connectivity index (χ4n) is 6.13. The van der Waals surface area contributed by atoms with Crippen LogP contribution in [-0.4, -0.2) is 46.4 Å². The molecule has 2 aliphatic carbocycles. The number of pyridine rings is 1. The molecule has 228 valence electrons. The van der Waals surface area contributed by atoms with Crippen LogP contribution in [0.5, 0.6) is 0 Å². The summed E-state index contributed by atoms with van der Waals surface area (Å²) >= 11 is 0. The Kier molecular flexibility index (Phi) is 7.28. The van der Waals surface area contributed by atoms with E-state index < -0.39 is 50.6 Å². The lowest BCUT2D eigenvalue weighted by Crippen LogP contribution is -2.49. The summed E-state index contributed by atoms with van der Waals surface area (Å²) in [7, 11) is -2.73. The number of fused-ring (bicyclic) bond motifs is 2. The van der Waals surface area contributed by atoms with Gasteiger partial charge in [0.05, 0.1) is 33.5 Å². The minimum atomic E-state index is -4.71. The average molecular weight is 629 g/mol. The molecule has 0 unspecified atom stereocenters. The minimum absolute atomic E-state index is 0.0340. The molecule has 2 aromatic heterocycles. The van der Waals surface area contributed by atoms with Crippen molar-refractivity contribution >= 4 is 21.9 Å². The third-order valence-corrected chi connectivity index (χ3v) is 10.4. The van der Waals surface area contributed by atoms with Crippen LogP contribution in [0.4, 0.5) is 22.0 Å². The first-order chi connectivity index (χ1) is 20.8. The van der Waals surface area contributed by atoms with Gasteiger partial charge in [0.25, 0.3) is 0 Å². The number of allylic oxidation sites excluding steroid dienone is 1. The average Bonchev–Trinajstić information content (AvgIpc) is 3.41. The van der Waals surface area contributed by atoms with Crippen LogP contribution in [0, 0.1) is 17.0 Å². The molecule has 1 saturated carbocycles. The molecular weight excluding hydrogens is 603 g/mol. The second-order valence-corrected chi connectivity index (χ2v) is 13.0. The third kappa shape index (κ3) is 5.13. The zero-order valence-corrected chi connectivity index (χ0v) is 24.0. The first-order valence-electron chi connectivity index (χ1n) is 13.7. The smallest absolute Gasteiger partial charge is 0.291 e. The summed E-state index contributed by atoms with van der Waals surface area (Å²) in [5.41, 5.74) is -0.396. The van der Waals surface area contributed by atoms with Crippen LogP contribution in [-0.2, 0) is 22.6 Å². The van der Waals surface area contributed by atoms with E-state index in [2.05, 4.69) is 10.1 Å². The molecule has 6 rings (SSSR count). The summed E-state index contributed by atoms with van der Waals surface area (Å²) in [6, 6.07) is 10.8. The second kappa shape index (κ2) is 10.7. The second-order valence-electron chi connectivity index (χ2n) is 11.0. The molecule has 0 aliphatic heterocycles. The van der Waals surface area contributed by atoms with E-state index >= 15 is 0 Å². The molecule has 0 radical (unpaired) electrons. The number of nitrogens with zero attached hydrogens (tertiary/aromatic N) is 4. The summed E-state index contributed by atoms with van der Waals surface area (Å²) in [6.45, 7) is 0. The number of carbonyl (C=O) groups excluding carboxylic acids is 1. The van der Waals surface area contributed by atoms with Crippen LogP contribution in [0.25, 0.3) is 11.8 Å². The summed E-state index contributed by atoms with van der Waals surface area (Å²) < 4.78 is 97.6. The number of carbonyl (C=O) groups is 1. The molecule has 0 amide bonds. The molecule has 2 aromatic carbocycles. The van der Waals surface area contributed by atoms with Crippen molar-refractivity contribution < 1.29 is 35.2 Å². The Labute approximate surface area is 249 Å². The molecule has 2 atom stereocenters. The van der Waals surface area contributed by atoms with E-state index in [1.54, 1.807) is 29.1 Å². The number of hydrogen-bond acceptors (Lipinski definition) is 5. The topological polar surface area (TPSA) is 85.2 Å². The predicted octanol–water partition coefficient (Wildman–Crippen LogP) is 6.25. The van der Waals surface area contributed by atoms with Crippen molar-refractivity contribution in [1.29, 1.82) is 0 Å². The van der Waals surface area contributed by atoms with Gasteiger partial charge in [0, 0.05) is 19.3 Å². The van der Waals surface area contributed by atoms with Gasteiger partial charge in [-0.2, -0.15) is 22.6 Å². The zero-order valence-electron chi connectivity index (χ0n) is 23.2. The van der Waals surface area contributed by atoms with Gasteiger partial charge in [0.15, 0.2) is 5.78 Å². The van der Waals surface area contributed by atoms with Crippen molar-refractivity contribution in [2.75, 3.05) is 7.05 Å². The maximum atomic E-state index is 14.3. The maximum absolute atomic E-state index is 14.3. The molecular formula is C31H25F5N4O3S. The van der Waals surface area contributed by atoms with Gasteiger partial charge >= 0.3 is 6.18 Å².